The second-order valence-electron chi connectivity index (χ2n) is 2.89. The molecular formula is C11H9FN2S. The van der Waals surface area contributed by atoms with Gasteiger partial charge in [-0.2, -0.15) is 5.10 Å². The topological polar surface area (TPSA) is 24.4 Å². The van der Waals surface area contributed by atoms with Gasteiger partial charge in [-0.15, -0.1) is 11.3 Å². The van der Waals surface area contributed by atoms with Crippen molar-refractivity contribution in [2.45, 2.75) is 0 Å². The monoisotopic (exact) mass is 220 g/mol. The number of thiophene rings is 1. The van der Waals surface area contributed by atoms with Crippen molar-refractivity contribution in [3.8, 4) is 0 Å². The Bertz CT molecular complexity index is 434. The second-order valence-corrected chi connectivity index (χ2v) is 3.87. The summed E-state index contributed by atoms with van der Waals surface area (Å²) < 4.78 is 12.6. The predicted octanol–water partition coefficient (Wildman–Crippen LogP) is 3.33. The molecule has 1 aromatic heterocycles. The minimum Gasteiger partial charge on any atom is -0.278 e. The molecule has 0 saturated heterocycles. The van der Waals surface area contributed by atoms with Gasteiger partial charge in [-0.25, -0.2) is 4.39 Å². The van der Waals surface area contributed by atoms with Gasteiger partial charge in [0.25, 0.3) is 0 Å². The van der Waals surface area contributed by atoms with Crippen LogP contribution in [0, 0.1) is 5.82 Å². The number of rotatable bonds is 3. The van der Waals surface area contributed by atoms with Crippen molar-refractivity contribution >= 4 is 23.2 Å². The Kier molecular flexibility index (Phi) is 3.09. The molecule has 1 aromatic carbocycles. The highest BCUT2D eigenvalue weighted by molar-refractivity contribution is 7.11. The van der Waals surface area contributed by atoms with Gasteiger partial charge in [0.05, 0.1) is 11.9 Å². The molecule has 0 aliphatic carbocycles. The molecule has 2 aromatic rings. The molecule has 0 spiro atoms. The molecule has 0 saturated carbocycles. The zero-order valence-electron chi connectivity index (χ0n) is 7.85. The highest BCUT2D eigenvalue weighted by Crippen LogP contribution is 2.08. The highest BCUT2D eigenvalue weighted by Gasteiger charge is 1.90. The van der Waals surface area contributed by atoms with Gasteiger partial charge < -0.3 is 0 Å². The smallest absolute Gasteiger partial charge is 0.123 e. The minimum atomic E-state index is -0.247. The van der Waals surface area contributed by atoms with Gasteiger partial charge in [-0.3, -0.25) is 5.43 Å². The molecule has 2 rings (SSSR count). The lowest BCUT2D eigenvalue weighted by Gasteiger charge is -1.97. The van der Waals surface area contributed by atoms with Crippen LogP contribution < -0.4 is 5.43 Å². The Labute approximate surface area is 91.1 Å². The summed E-state index contributed by atoms with van der Waals surface area (Å²) in [6.45, 7) is 0. The maximum Gasteiger partial charge on any atom is 0.123 e. The normalized spacial score (nSPS) is 10.7. The fourth-order valence-corrected chi connectivity index (χ4v) is 1.64. The third-order valence-electron chi connectivity index (χ3n) is 1.77. The lowest BCUT2D eigenvalue weighted by molar-refractivity contribution is 0.628. The maximum atomic E-state index is 12.6. The SMILES string of the molecule is Fc1ccc(N/N=C/c2cccs2)cc1. The molecule has 0 aliphatic heterocycles. The van der Waals surface area contributed by atoms with Crippen LogP contribution in [-0.4, -0.2) is 6.21 Å². The standard InChI is InChI=1S/C11H9FN2S/c12-9-3-5-10(6-4-9)14-13-8-11-2-1-7-15-11/h1-8,14H/b13-8+. The van der Waals surface area contributed by atoms with Gasteiger partial charge in [0.1, 0.15) is 5.82 Å². The van der Waals surface area contributed by atoms with Gasteiger partial charge in [0.2, 0.25) is 0 Å². The van der Waals surface area contributed by atoms with E-state index in [0.29, 0.717) is 0 Å². The fourth-order valence-electron chi connectivity index (χ4n) is 1.06. The van der Waals surface area contributed by atoms with Crippen molar-refractivity contribution in [1.82, 2.24) is 0 Å². The van der Waals surface area contributed by atoms with Crippen LogP contribution in [0.2, 0.25) is 0 Å². The number of nitrogens with one attached hydrogen (secondary N) is 1. The van der Waals surface area contributed by atoms with Crippen LogP contribution in [0.3, 0.4) is 0 Å². The van der Waals surface area contributed by atoms with Crippen molar-refractivity contribution in [2.24, 2.45) is 5.10 Å². The summed E-state index contributed by atoms with van der Waals surface area (Å²) in [5, 5.41) is 6.01. The van der Waals surface area contributed by atoms with Gasteiger partial charge >= 0.3 is 0 Å². The van der Waals surface area contributed by atoms with Crippen molar-refractivity contribution in [3.05, 3.63) is 52.5 Å². The molecule has 0 radical (unpaired) electrons. The van der Waals surface area contributed by atoms with Crippen LogP contribution in [0.4, 0.5) is 10.1 Å². The van der Waals surface area contributed by atoms with E-state index in [1.165, 1.54) is 12.1 Å². The first kappa shape index (κ1) is 9.86. The molecule has 0 fully saturated rings. The van der Waals surface area contributed by atoms with Crippen LogP contribution in [0.15, 0.2) is 46.9 Å². The summed E-state index contributed by atoms with van der Waals surface area (Å²) in [4.78, 5) is 1.07. The van der Waals surface area contributed by atoms with Crippen molar-refractivity contribution in [3.63, 3.8) is 0 Å². The van der Waals surface area contributed by atoms with Crippen molar-refractivity contribution < 1.29 is 4.39 Å². The number of hydrogen-bond acceptors (Lipinski definition) is 3. The Morgan fingerprint density at radius 1 is 1.20 bits per heavy atom. The van der Waals surface area contributed by atoms with Crippen LogP contribution in [-0.2, 0) is 0 Å². The zero-order valence-corrected chi connectivity index (χ0v) is 8.67. The van der Waals surface area contributed by atoms with E-state index in [2.05, 4.69) is 10.5 Å². The molecule has 1 heterocycles. The Hall–Kier alpha value is -1.68. The molecule has 4 heteroatoms. The molecule has 2 nitrogen and oxygen atoms in total. The molecular weight excluding hydrogens is 211 g/mol. The Morgan fingerprint density at radius 2 is 2.00 bits per heavy atom. The van der Waals surface area contributed by atoms with Gasteiger partial charge in [0, 0.05) is 4.88 Å². The van der Waals surface area contributed by atoms with E-state index in [1.54, 1.807) is 29.7 Å². The Balaban J connectivity index is 1.96. The summed E-state index contributed by atoms with van der Waals surface area (Å²) in [6, 6.07) is 10.00. The highest BCUT2D eigenvalue weighted by atomic mass is 32.1. The molecule has 0 amide bonds. The lowest BCUT2D eigenvalue weighted by atomic mass is 10.3. The van der Waals surface area contributed by atoms with Crippen molar-refractivity contribution in [1.29, 1.82) is 0 Å². The van der Waals surface area contributed by atoms with Crippen LogP contribution in [0.5, 0.6) is 0 Å². The molecule has 0 atom stereocenters. The quantitative estimate of drug-likeness (QED) is 0.622. The number of anilines is 1. The van der Waals surface area contributed by atoms with Crippen LogP contribution >= 0.6 is 11.3 Å². The fraction of sp³-hybridized carbons (Fsp3) is 0. The average molecular weight is 220 g/mol. The summed E-state index contributed by atoms with van der Waals surface area (Å²) in [6.07, 6.45) is 1.73. The lowest BCUT2D eigenvalue weighted by Crippen LogP contribution is -1.89. The molecule has 0 bridgehead atoms. The molecule has 1 N–H and O–H groups in total. The maximum absolute atomic E-state index is 12.6. The van der Waals surface area contributed by atoms with Crippen molar-refractivity contribution in [2.75, 3.05) is 5.43 Å². The Morgan fingerprint density at radius 3 is 2.67 bits per heavy atom. The van der Waals surface area contributed by atoms with E-state index in [4.69, 9.17) is 0 Å². The average Bonchev–Trinajstić information content (AvgIpc) is 2.74. The molecule has 76 valence electrons. The minimum absolute atomic E-state index is 0.247. The molecule has 0 unspecified atom stereocenters. The summed E-state index contributed by atoms with van der Waals surface area (Å²) in [5.74, 6) is -0.247. The first-order valence-corrected chi connectivity index (χ1v) is 5.31. The number of benzene rings is 1. The van der Waals surface area contributed by atoms with E-state index in [-0.39, 0.29) is 5.82 Å². The molecule has 15 heavy (non-hydrogen) atoms. The van der Waals surface area contributed by atoms with E-state index < -0.39 is 0 Å². The molecule has 0 aliphatic rings. The second kappa shape index (κ2) is 4.70. The van der Waals surface area contributed by atoms with Crippen LogP contribution in [0.25, 0.3) is 0 Å². The number of hydrazone groups is 1. The summed E-state index contributed by atoms with van der Waals surface area (Å²) >= 11 is 1.61. The summed E-state index contributed by atoms with van der Waals surface area (Å²) in [5.41, 5.74) is 3.59. The van der Waals surface area contributed by atoms with E-state index in [9.17, 15) is 4.39 Å². The van der Waals surface area contributed by atoms with Gasteiger partial charge in [-0.1, -0.05) is 6.07 Å². The van der Waals surface area contributed by atoms with Gasteiger partial charge in [0.15, 0.2) is 0 Å². The number of nitrogens with zero attached hydrogens (tertiary/aromatic N) is 1. The first-order valence-electron chi connectivity index (χ1n) is 4.43. The van der Waals surface area contributed by atoms with E-state index in [0.717, 1.165) is 10.6 Å². The number of halogens is 1. The third kappa shape index (κ3) is 2.89. The van der Waals surface area contributed by atoms with Crippen LogP contribution in [0.1, 0.15) is 4.88 Å². The number of hydrogen-bond donors (Lipinski definition) is 1. The van der Waals surface area contributed by atoms with E-state index in [1.807, 2.05) is 17.5 Å². The largest absolute Gasteiger partial charge is 0.278 e. The van der Waals surface area contributed by atoms with E-state index >= 15 is 0 Å². The predicted molar refractivity (Wildman–Crippen MR) is 61.9 cm³/mol. The summed E-state index contributed by atoms with van der Waals surface area (Å²) in [7, 11) is 0. The first-order chi connectivity index (χ1) is 7.34. The zero-order chi connectivity index (χ0) is 10.5. The third-order valence-corrected chi connectivity index (χ3v) is 2.58. The van der Waals surface area contributed by atoms with Gasteiger partial charge in [-0.05, 0) is 35.7 Å².